The first-order valence-corrected chi connectivity index (χ1v) is 12.2. The number of likely N-dealkylation sites (tertiary alicyclic amines) is 1. The van der Waals surface area contributed by atoms with E-state index in [9.17, 15) is 22.4 Å². The molecule has 0 spiro atoms. The van der Waals surface area contributed by atoms with Crippen LogP contribution < -0.4 is 11.2 Å². The van der Waals surface area contributed by atoms with Crippen molar-refractivity contribution in [1.29, 1.82) is 0 Å². The quantitative estimate of drug-likeness (QED) is 0.633. The van der Waals surface area contributed by atoms with Crippen LogP contribution >= 0.6 is 0 Å². The highest BCUT2D eigenvalue weighted by Gasteiger charge is 2.26. The van der Waals surface area contributed by atoms with Crippen molar-refractivity contribution >= 4 is 26.6 Å². The van der Waals surface area contributed by atoms with E-state index in [1.807, 2.05) is 6.07 Å². The highest BCUT2D eigenvalue weighted by atomic mass is 32.2. The fourth-order valence-electron chi connectivity index (χ4n) is 4.22. The van der Waals surface area contributed by atoms with Crippen LogP contribution in [0.4, 0.5) is 4.39 Å². The molecule has 4 rings (SSSR count). The van der Waals surface area contributed by atoms with Gasteiger partial charge in [-0.25, -0.2) is 12.8 Å². The molecule has 1 aliphatic rings. The summed E-state index contributed by atoms with van der Waals surface area (Å²) >= 11 is 0. The summed E-state index contributed by atoms with van der Waals surface area (Å²) in [5, 5.41) is 0.0329. The monoisotopic (exact) mass is 457 g/mol. The number of nitrogens with zero attached hydrogens (tertiary/aromatic N) is 2. The Hall–Kier alpha value is -3.04. The third kappa shape index (κ3) is 4.44. The maximum atomic E-state index is 13.4. The van der Waals surface area contributed by atoms with Crippen molar-refractivity contribution in [2.75, 3.05) is 19.3 Å². The summed E-state index contributed by atoms with van der Waals surface area (Å²) in [7, 11) is -3.04. The second kappa shape index (κ2) is 8.48. The highest BCUT2D eigenvalue weighted by Crippen LogP contribution is 2.22. The van der Waals surface area contributed by atoms with Crippen LogP contribution in [0, 0.1) is 5.82 Å². The number of fused-ring (bicyclic) bond motifs is 1. The predicted molar refractivity (Wildman–Crippen MR) is 121 cm³/mol. The lowest BCUT2D eigenvalue weighted by atomic mass is 10.1. The van der Waals surface area contributed by atoms with Crippen LogP contribution in [0.1, 0.15) is 28.8 Å². The van der Waals surface area contributed by atoms with Crippen LogP contribution in [0.5, 0.6) is 0 Å². The van der Waals surface area contributed by atoms with Gasteiger partial charge >= 0.3 is 0 Å². The third-order valence-electron chi connectivity index (χ3n) is 5.98. The van der Waals surface area contributed by atoms with E-state index >= 15 is 0 Å². The Morgan fingerprint density at radius 3 is 2.38 bits per heavy atom. The number of carbonyl (C=O) groups excluding carboxylic acids is 1. The number of halogens is 1. The molecule has 2 N–H and O–H groups in total. The molecule has 168 valence electrons. The van der Waals surface area contributed by atoms with Gasteiger partial charge in [-0.3, -0.25) is 14.5 Å². The zero-order valence-electron chi connectivity index (χ0n) is 17.6. The van der Waals surface area contributed by atoms with Crippen molar-refractivity contribution in [2.45, 2.75) is 24.6 Å². The number of amides is 1. The third-order valence-corrected chi connectivity index (χ3v) is 7.67. The predicted octanol–water partition coefficient (Wildman–Crippen LogP) is 2.24. The van der Waals surface area contributed by atoms with E-state index in [1.54, 1.807) is 28.8 Å². The van der Waals surface area contributed by atoms with Gasteiger partial charge in [0.05, 0.1) is 10.8 Å². The van der Waals surface area contributed by atoms with E-state index < -0.39 is 27.0 Å². The molecule has 2 aromatic carbocycles. The molecule has 0 unspecified atom stereocenters. The average Bonchev–Trinajstić information content (AvgIpc) is 2.74. The molecule has 1 amide bonds. The number of carbonyl (C=O) groups is 1. The number of hydrogen-bond acceptors (Lipinski definition) is 5. The van der Waals surface area contributed by atoms with Crippen molar-refractivity contribution in [1.82, 2.24) is 9.47 Å². The van der Waals surface area contributed by atoms with E-state index in [0.717, 1.165) is 5.56 Å². The van der Waals surface area contributed by atoms with Crippen LogP contribution in [0.3, 0.4) is 0 Å². The van der Waals surface area contributed by atoms with Crippen molar-refractivity contribution in [2.24, 2.45) is 5.73 Å². The molecule has 3 aromatic rings. The van der Waals surface area contributed by atoms with Gasteiger partial charge in [0.15, 0.2) is 0 Å². The number of hydrogen-bond donors (Lipinski definition) is 1. The molecule has 32 heavy (non-hydrogen) atoms. The number of piperidine rings is 1. The largest absolute Gasteiger partial charge is 0.365 e. The lowest BCUT2D eigenvalue weighted by Gasteiger charge is -2.31. The summed E-state index contributed by atoms with van der Waals surface area (Å²) in [5.41, 5.74) is 6.88. The zero-order chi connectivity index (χ0) is 23.0. The summed E-state index contributed by atoms with van der Waals surface area (Å²) in [6.45, 7) is 1.86. The van der Waals surface area contributed by atoms with Crippen LogP contribution in [-0.2, 0) is 16.4 Å². The number of benzene rings is 2. The topological polar surface area (TPSA) is 102 Å². The second-order valence-corrected chi connectivity index (χ2v) is 10.6. The maximum Gasteiger partial charge on any atom is 0.254 e. The number of primary amides is 1. The van der Waals surface area contributed by atoms with Crippen molar-refractivity contribution in [3.63, 3.8) is 0 Å². The normalized spacial score (nSPS) is 15.8. The first kappa shape index (κ1) is 22.2. The Labute approximate surface area is 185 Å². The average molecular weight is 458 g/mol. The van der Waals surface area contributed by atoms with Gasteiger partial charge in [0, 0.05) is 30.1 Å². The Morgan fingerprint density at radius 2 is 1.78 bits per heavy atom. The number of pyridine rings is 1. The first-order chi connectivity index (χ1) is 15.1. The molecule has 1 saturated heterocycles. The molecule has 2 heterocycles. The molecule has 1 aliphatic heterocycles. The molecule has 0 saturated carbocycles. The van der Waals surface area contributed by atoms with Gasteiger partial charge in [-0.2, -0.15) is 0 Å². The van der Waals surface area contributed by atoms with E-state index in [0.29, 0.717) is 49.1 Å². The lowest BCUT2D eigenvalue weighted by molar-refractivity contribution is 0.0999. The minimum absolute atomic E-state index is 0.145. The van der Waals surface area contributed by atoms with Gasteiger partial charge in [-0.05, 0) is 67.9 Å². The fourth-order valence-corrected chi connectivity index (χ4v) is 5.29. The van der Waals surface area contributed by atoms with E-state index in [4.69, 9.17) is 5.73 Å². The molecular weight excluding hydrogens is 433 g/mol. The molecular formula is C23H24FN3O4S. The lowest BCUT2D eigenvalue weighted by Crippen LogP contribution is -2.38. The minimum atomic E-state index is -3.04. The number of nitrogens with two attached hydrogens (primary N) is 1. The molecule has 0 bridgehead atoms. The highest BCUT2D eigenvalue weighted by molar-refractivity contribution is 7.91. The number of sulfone groups is 1. The summed E-state index contributed by atoms with van der Waals surface area (Å²) in [6.07, 6.45) is 3.82. The molecule has 1 aromatic heterocycles. The Morgan fingerprint density at radius 1 is 1.12 bits per heavy atom. The van der Waals surface area contributed by atoms with Gasteiger partial charge in [0.2, 0.25) is 5.43 Å². The van der Waals surface area contributed by atoms with Crippen molar-refractivity contribution < 1.29 is 17.6 Å². The zero-order valence-corrected chi connectivity index (χ0v) is 18.4. The van der Waals surface area contributed by atoms with E-state index in [1.165, 1.54) is 24.6 Å². The minimum Gasteiger partial charge on any atom is -0.365 e. The van der Waals surface area contributed by atoms with Crippen LogP contribution in [0.15, 0.2) is 53.5 Å². The molecule has 0 aliphatic carbocycles. The molecule has 0 radical (unpaired) electrons. The molecule has 7 nitrogen and oxygen atoms in total. The Balaban J connectivity index is 1.70. The molecule has 0 atom stereocenters. The summed E-state index contributed by atoms with van der Waals surface area (Å²) in [6, 6.07) is 11.2. The standard InChI is InChI=1S/C23H24FN3O4S/c1-32(30,31)18-8-10-26(11-9-18)13-15-2-7-21-19(12-15)22(28)20(23(25)29)14-27(21)17-5-3-16(24)4-6-17/h2-7,12,14,18H,8-11,13H2,1H3,(H2,25,29). The smallest absolute Gasteiger partial charge is 0.254 e. The van der Waals surface area contributed by atoms with E-state index in [2.05, 4.69) is 4.90 Å². The van der Waals surface area contributed by atoms with Crippen molar-refractivity contribution in [3.05, 3.63) is 75.8 Å². The fraction of sp³-hybridized carbons (Fsp3) is 0.304. The maximum absolute atomic E-state index is 13.4. The van der Waals surface area contributed by atoms with Gasteiger partial charge in [0.25, 0.3) is 5.91 Å². The van der Waals surface area contributed by atoms with Gasteiger partial charge in [-0.15, -0.1) is 0 Å². The van der Waals surface area contributed by atoms with Gasteiger partial charge in [0.1, 0.15) is 21.2 Å². The van der Waals surface area contributed by atoms with E-state index in [-0.39, 0.29) is 10.8 Å². The second-order valence-electron chi connectivity index (χ2n) is 8.24. The van der Waals surface area contributed by atoms with Gasteiger partial charge in [-0.1, -0.05) is 6.07 Å². The summed E-state index contributed by atoms with van der Waals surface area (Å²) in [5.74, 6) is -1.22. The SMILES string of the molecule is CS(=O)(=O)C1CCN(Cc2ccc3c(c2)c(=O)c(C(N)=O)cn3-c2ccc(F)cc2)CC1. The van der Waals surface area contributed by atoms with Crippen LogP contribution in [0.2, 0.25) is 0 Å². The summed E-state index contributed by atoms with van der Waals surface area (Å²) in [4.78, 5) is 27.0. The summed E-state index contributed by atoms with van der Waals surface area (Å²) < 4.78 is 38.6. The van der Waals surface area contributed by atoms with Crippen LogP contribution in [-0.4, -0.2) is 48.4 Å². The van der Waals surface area contributed by atoms with Crippen molar-refractivity contribution in [3.8, 4) is 5.69 Å². The number of aromatic nitrogens is 1. The Bertz CT molecular complexity index is 1340. The molecule has 9 heteroatoms. The Kier molecular flexibility index (Phi) is 5.87. The van der Waals surface area contributed by atoms with Crippen LogP contribution in [0.25, 0.3) is 16.6 Å². The number of rotatable bonds is 5. The van der Waals surface area contributed by atoms with Gasteiger partial charge < -0.3 is 10.3 Å². The molecule has 1 fully saturated rings. The first-order valence-electron chi connectivity index (χ1n) is 10.3.